The third-order valence-corrected chi connectivity index (χ3v) is 6.19. The number of carbonyl (C=O) groups excluding carboxylic acids is 1. The third kappa shape index (κ3) is 5.33. The molecule has 1 heterocycles. The number of likely N-dealkylation sites (tertiary alicyclic amines) is 1. The number of hydrogen-bond donors (Lipinski definition) is 1. The molecule has 1 aliphatic rings. The summed E-state index contributed by atoms with van der Waals surface area (Å²) in [5, 5.41) is 2.91. The zero-order valence-corrected chi connectivity index (χ0v) is 17.5. The molecule has 3 nitrogen and oxygen atoms in total. The van der Waals surface area contributed by atoms with Crippen LogP contribution in [0.2, 0.25) is 0 Å². The zero-order valence-electron chi connectivity index (χ0n) is 17.5. The van der Waals surface area contributed by atoms with Crippen molar-refractivity contribution in [3.8, 4) is 0 Å². The highest BCUT2D eigenvalue weighted by Gasteiger charge is 2.38. The molecule has 1 aliphatic heterocycles. The summed E-state index contributed by atoms with van der Waals surface area (Å²) in [4.78, 5) is 14.8. The Morgan fingerprint density at radius 2 is 2.12 bits per heavy atom. The molecule has 0 aromatic heterocycles. The van der Waals surface area contributed by atoms with Crippen LogP contribution in [-0.4, -0.2) is 37.0 Å². The fourth-order valence-corrected chi connectivity index (χ4v) is 4.12. The van der Waals surface area contributed by atoms with Gasteiger partial charge in [0.05, 0.1) is 0 Å². The number of amides is 1. The van der Waals surface area contributed by atoms with Gasteiger partial charge in [-0.25, -0.2) is 0 Å². The van der Waals surface area contributed by atoms with Gasteiger partial charge in [-0.2, -0.15) is 0 Å². The molecule has 146 valence electrons. The minimum Gasteiger partial charge on any atom is -0.352 e. The summed E-state index contributed by atoms with van der Waals surface area (Å²) < 4.78 is 0. The van der Waals surface area contributed by atoms with Gasteiger partial charge in [0.1, 0.15) is 0 Å². The van der Waals surface area contributed by atoms with E-state index in [-0.39, 0.29) is 11.3 Å². The minimum absolute atomic E-state index is 0.0354. The quantitative estimate of drug-likeness (QED) is 0.673. The molecule has 26 heavy (non-hydrogen) atoms. The monoisotopic (exact) mass is 358 g/mol. The van der Waals surface area contributed by atoms with Gasteiger partial charge in [0.2, 0.25) is 0 Å². The summed E-state index contributed by atoms with van der Waals surface area (Å²) in [5.74, 6) is 1.44. The zero-order chi connectivity index (χ0) is 19.2. The summed E-state index contributed by atoms with van der Waals surface area (Å²) in [6, 6.07) is 8.28. The predicted molar refractivity (Wildman–Crippen MR) is 111 cm³/mol. The Hall–Kier alpha value is -1.35. The van der Waals surface area contributed by atoms with Gasteiger partial charge in [-0.15, -0.1) is 0 Å². The molecule has 0 aliphatic carbocycles. The highest BCUT2D eigenvalue weighted by atomic mass is 16.1. The van der Waals surface area contributed by atoms with Gasteiger partial charge >= 0.3 is 0 Å². The Morgan fingerprint density at radius 3 is 2.77 bits per heavy atom. The van der Waals surface area contributed by atoms with Gasteiger partial charge in [-0.3, -0.25) is 4.79 Å². The molecule has 0 bridgehead atoms. The Morgan fingerprint density at radius 1 is 1.35 bits per heavy atom. The Kier molecular flexibility index (Phi) is 7.69. The summed E-state index contributed by atoms with van der Waals surface area (Å²) >= 11 is 0. The van der Waals surface area contributed by atoms with E-state index in [1.54, 1.807) is 0 Å². The van der Waals surface area contributed by atoms with Crippen molar-refractivity contribution in [1.82, 2.24) is 10.2 Å². The van der Waals surface area contributed by atoms with Crippen molar-refractivity contribution in [3.05, 3.63) is 35.4 Å². The highest BCUT2D eigenvalue weighted by Crippen LogP contribution is 2.39. The first kappa shape index (κ1) is 21.0. The SMILES string of the molecule is CCNC(=O)c1cccc(C2(C)CCN(CCCCC(C)C)CC2C)c1. The van der Waals surface area contributed by atoms with E-state index >= 15 is 0 Å². The van der Waals surface area contributed by atoms with Crippen molar-refractivity contribution in [2.75, 3.05) is 26.2 Å². The fraction of sp³-hybridized carbons (Fsp3) is 0.696. The molecule has 2 atom stereocenters. The standard InChI is InChI=1S/C23H38N2O/c1-6-24-22(26)20-11-9-12-21(16-20)23(5)13-15-25(17-19(23)4)14-8-7-10-18(2)3/h9,11-12,16,18-19H,6-8,10,13-15,17H2,1-5H3,(H,24,26). The van der Waals surface area contributed by atoms with Gasteiger partial charge in [0.15, 0.2) is 0 Å². The van der Waals surface area contributed by atoms with Crippen molar-refractivity contribution in [2.24, 2.45) is 11.8 Å². The van der Waals surface area contributed by atoms with Crippen LogP contribution < -0.4 is 5.32 Å². The molecule has 2 unspecified atom stereocenters. The molecule has 1 aromatic rings. The van der Waals surface area contributed by atoms with Gasteiger partial charge in [0, 0.05) is 18.7 Å². The van der Waals surface area contributed by atoms with E-state index in [2.05, 4.69) is 50.0 Å². The largest absolute Gasteiger partial charge is 0.352 e. The maximum Gasteiger partial charge on any atom is 0.251 e. The maximum atomic E-state index is 12.2. The van der Waals surface area contributed by atoms with E-state index in [0.29, 0.717) is 12.5 Å². The summed E-state index contributed by atoms with van der Waals surface area (Å²) in [6.07, 6.45) is 5.16. The molecule has 1 saturated heterocycles. The van der Waals surface area contributed by atoms with E-state index in [9.17, 15) is 4.79 Å². The van der Waals surface area contributed by atoms with Gasteiger partial charge in [-0.05, 0) is 67.8 Å². The normalized spacial score (nSPS) is 24.0. The first-order valence-corrected chi connectivity index (χ1v) is 10.5. The Bertz CT molecular complexity index is 583. The molecule has 1 N–H and O–H groups in total. The van der Waals surface area contributed by atoms with Crippen LogP contribution in [-0.2, 0) is 5.41 Å². The van der Waals surface area contributed by atoms with Gasteiger partial charge in [-0.1, -0.05) is 52.7 Å². The van der Waals surface area contributed by atoms with E-state index in [0.717, 1.165) is 31.0 Å². The molecular weight excluding hydrogens is 320 g/mol. The van der Waals surface area contributed by atoms with E-state index in [1.165, 1.54) is 31.4 Å². The van der Waals surface area contributed by atoms with Crippen molar-refractivity contribution in [3.63, 3.8) is 0 Å². The number of hydrogen-bond acceptors (Lipinski definition) is 2. The van der Waals surface area contributed by atoms with E-state index < -0.39 is 0 Å². The highest BCUT2D eigenvalue weighted by molar-refractivity contribution is 5.94. The topological polar surface area (TPSA) is 32.3 Å². The van der Waals surface area contributed by atoms with Crippen LogP contribution in [0.3, 0.4) is 0 Å². The van der Waals surface area contributed by atoms with Crippen LogP contribution in [0.15, 0.2) is 24.3 Å². The molecule has 3 heteroatoms. The van der Waals surface area contributed by atoms with Gasteiger partial charge in [0.25, 0.3) is 5.91 Å². The summed E-state index contributed by atoms with van der Waals surface area (Å²) in [5.41, 5.74) is 2.25. The smallest absolute Gasteiger partial charge is 0.251 e. The second-order valence-electron chi connectivity index (χ2n) is 8.70. The minimum atomic E-state index is 0.0354. The lowest BCUT2D eigenvalue weighted by Crippen LogP contribution is -2.47. The van der Waals surface area contributed by atoms with Crippen LogP contribution in [0.25, 0.3) is 0 Å². The Balaban J connectivity index is 1.98. The molecule has 1 aromatic carbocycles. The molecule has 1 amide bonds. The van der Waals surface area contributed by atoms with E-state index in [4.69, 9.17) is 0 Å². The fourth-order valence-electron chi connectivity index (χ4n) is 4.12. The van der Waals surface area contributed by atoms with Crippen molar-refractivity contribution < 1.29 is 4.79 Å². The lowest BCUT2D eigenvalue weighted by Gasteiger charge is -2.45. The second-order valence-corrected chi connectivity index (χ2v) is 8.70. The first-order valence-electron chi connectivity index (χ1n) is 10.5. The summed E-state index contributed by atoms with van der Waals surface area (Å²) in [7, 11) is 0. The Labute approximate surface area is 160 Å². The number of benzene rings is 1. The number of carbonyl (C=O) groups is 1. The average molecular weight is 359 g/mol. The van der Waals surface area contributed by atoms with Crippen LogP contribution in [0.1, 0.15) is 76.2 Å². The molecule has 0 saturated carbocycles. The molecule has 1 fully saturated rings. The lowest BCUT2D eigenvalue weighted by atomic mass is 9.68. The number of nitrogens with one attached hydrogen (secondary N) is 1. The number of piperidine rings is 1. The maximum absolute atomic E-state index is 12.2. The van der Waals surface area contributed by atoms with Crippen LogP contribution >= 0.6 is 0 Å². The van der Waals surface area contributed by atoms with Crippen LogP contribution in [0, 0.1) is 11.8 Å². The summed E-state index contributed by atoms with van der Waals surface area (Å²) in [6.45, 7) is 15.5. The van der Waals surface area contributed by atoms with Crippen molar-refractivity contribution in [1.29, 1.82) is 0 Å². The van der Waals surface area contributed by atoms with Crippen LogP contribution in [0.4, 0.5) is 0 Å². The lowest BCUT2D eigenvalue weighted by molar-refractivity contribution is 0.0954. The second kappa shape index (κ2) is 9.55. The predicted octanol–water partition coefficient (Wildman–Crippen LogP) is 4.86. The number of unbranched alkanes of at least 4 members (excludes halogenated alkanes) is 1. The van der Waals surface area contributed by atoms with E-state index in [1.807, 2.05) is 19.1 Å². The number of nitrogens with zero attached hydrogens (tertiary/aromatic N) is 1. The third-order valence-electron chi connectivity index (χ3n) is 6.19. The molecular formula is C23H38N2O. The molecule has 0 radical (unpaired) electrons. The van der Waals surface area contributed by atoms with Crippen molar-refractivity contribution >= 4 is 5.91 Å². The van der Waals surface area contributed by atoms with Crippen LogP contribution in [0.5, 0.6) is 0 Å². The van der Waals surface area contributed by atoms with Crippen molar-refractivity contribution in [2.45, 2.75) is 65.7 Å². The number of rotatable bonds is 8. The first-order chi connectivity index (χ1) is 12.4. The van der Waals surface area contributed by atoms with Gasteiger partial charge < -0.3 is 10.2 Å². The molecule has 0 spiro atoms. The average Bonchev–Trinajstić information content (AvgIpc) is 2.62. The molecule has 2 rings (SSSR count).